The molecule has 3 N–H and O–H groups in total. The molecule has 0 aliphatic heterocycles. The number of para-hydroxylation sites is 1. The highest BCUT2D eigenvalue weighted by Crippen LogP contribution is 2.19. The number of carbonyl (C=O) groups is 2. The van der Waals surface area contributed by atoms with Crippen molar-refractivity contribution in [3.05, 3.63) is 65.7 Å². The van der Waals surface area contributed by atoms with Gasteiger partial charge in [-0.05, 0) is 11.6 Å². The fourth-order valence-electron chi connectivity index (χ4n) is 2.27. The summed E-state index contributed by atoms with van der Waals surface area (Å²) in [5.41, 5.74) is 1.41. The number of amides is 3. The summed E-state index contributed by atoms with van der Waals surface area (Å²) in [6.45, 7) is -2.33. The Kier molecular flexibility index (Phi) is 8.02. The average Bonchev–Trinajstić information content (AvgIpc) is 2.66. The number of ether oxygens (including phenoxy) is 1. The third kappa shape index (κ3) is 7.72. The van der Waals surface area contributed by atoms with Crippen molar-refractivity contribution in [3.8, 4) is 5.75 Å². The predicted octanol–water partition coefficient (Wildman–Crippen LogP) is 2.79. The van der Waals surface area contributed by atoms with Crippen molar-refractivity contribution in [2.45, 2.75) is 26.1 Å². The quantitative estimate of drug-likeness (QED) is 0.629. The number of urea groups is 1. The molecule has 2 aromatic rings. The molecule has 2 aromatic carbocycles. The zero-order valence-electron chi connectivity index (χ0n) is 14.6. The molecule has 0 heterocycles. The number of hydrogen-bond donors (Lipinski definition) is 3. The monoisotopic (exact) mass is 377 g/mol. The highest BCUT2D eigenvalue weighted by Gasteiger charge is 2.10. The summed E-state index contributed by atoms with van der Waals surface area (Å²) in [5.74, 6) is -0.295. The molecule has 144 valence electrons. The van der Waals surface area contributed by atoms with E-state index in [2.05, 4.69) is 20.7 Å². The maximum absolute atomic E-state index is 12.4. The van der Waals surface area contributed by atoms with Crippen LogP contribution in [0, 0.1) is 0 Å². The minimum atomic E-state index is -2.93. The van der Waals surface area contributed by atoms with E-state index >= 15 is 0 Å². The van der Waals surface area contributed by atoms with Crippen molar-refractivity contribution in [2.75, 3.05) is 6.54 Å². The van der Waals surface area contributed by atoms with Gasteiger partial charge in [0, 0.05) is 31.6 Å². The van der Waals surface area contributed by atoms with Gasteiger partial charge in [-0.25, -0.2) is 4.79 Å². The first-order valence-corrected chi connectivity index (χ1v) is 8.39. The fourth-order valence-corrected chi connectivity index (χ4v) is 2.27. The van der Waals surface area contributed by atoms with Crippen LogP contribution in [-0.2, 0) is 17.9 Å². The molecule has 0 spiro atoms. The van der Waals surface area contributed by atoms with Gasteiger partial charge in [0.2, 0.25) is 5.91 Å². The van der Waals surface area contributed by atoms with Gasteiger partial charge in [0.15, 0.2) is 0 Å². The SMILES string of the molecule is O=C(CCNC(=O)NCc1ccccc1)NCc1ccccc1OC(F)F. The topological polar surface area (TPSA) is 79.5 Å². The first kappa shape index (κ1) is 20.2. The van der Waals surface area contributed by atoms with Gasteiger partial charge in [-0.2, -0.15) is 8.78 Å². The zero-order chi connectivity index (χ0) is 19.5. The number of hydrogen-bond acceptors (Lipinski definition) is 3. The van der Waals surface area contributed by atoms with Crippen LogP contribution < -0.4 is 20.7 Å². The Morgan fingerprint density at radius 1 is 0.889 bits per heavy atom. The Bertz CT molecular complexity index is 742. The van der Waals surface area contributed by atoms with Crippen LogP contribution in [0.1, 0.15) is 17.5 Å². The van der Waals surface area contributed by atoms with E-state index in [-0.39, 0.29) is 37.2 Å². The molecule has 2 rings (SSSR count). The van der Waals surface area contributed by atoms with Crippen LogP contribution in [0.2, 0.25) is 0 Å². The molecule has 8 heteroatoms. The normalized spacial score (nSPS) is 10.3. The molecule has 0 atom stereocenters. The summed E-state index contributed by atoms with van der Waals surface area (Å²) >= 11 is 0. The predicted molar refractivity (Wildman–Crippen MR) is 96.2 cm³/mol. The maximum atomic E-state index is 12.4. The molecule has 0 aliphatic carbocycles. The van der Waals surface area contributed by atoms with Crippen molar-refractivity contribution in [1.82, 2.24) is 16.0 Å². The minimum Gasteiger partial charge on any atom is -0.434 e. The largest absolute Gasteiger partial charge is 0.434 e. The van der Waals surface area contributed by atoms with Gasteiger partial charge in [-0.3, -0.25) is 4.79 Å². The maximum Gasteiger partial charge on any atom is 0.387 e. The number of benzene rings is 2. The Morgan fingerprint density at radius 2 is 1.59 bits per heavy atom. The van der Waals surface area contributed by atoms with E-state index in [4.69, 9.17) is 0 Å². The molecule has 0 saturated carbocycles. The Morgan fingerprint density at radius 3 is 2.33 bits per heavy atom. The van der Waals surface area contributed by atoms with Crippen LogP contribution in [0.3, 0.4) is 0 Å². The first-order chi connectivity index (χ1) is 13.0. The second-order valence-corrected chi connectivity index (χ2v) is 5.61. The lowest BCUT2D eigenvalue weighted by atomic mass is 10.2. The molecule has 0 bridgehead atoms. The molecule has 6 nitrogen and oxygen atoms in total. The van der Waals surface area contributed by atoms with Gasteiger partial charge in [-0.15, -0.1) is 0 Å². The van der Waals surface area contributed by atoms with E-state index in [1.54, 1.807) is 18.2 Å². The third-order valence-electron chi connectivity index (χ3n) is 3.60. The molecule has 0 unspecified atom stereocenters. The number of alkyl halides is 2. The van der Waals surface area contributed by atoms with Gasteiger partial charge in [0.25, 0.3) is 0 Å². The first-order valence-electron chi connectivity index (χ1n) is 8.39. The third-order valence-corrected chi connectivity index (χ3v) is 3.60. The highest BCUT2D eigenvalue weighted by atomic mass is 19.3. The molecular weight excluding hydrogens is 356 g/mol. The van der Waals surface area contributed by atoms with Crippen LogP contribution in [0.25, 0.3) is 0 Å². The number of carbonyl (C=O) groups excluding carboxylic acids is 2. The fraction of sp³-hybridized carbons (Fsp3) is 0.263. The summed E-state index contributed by atoms with van der Waals surface area (Å²) in [7, 11) is 0. The van der Waals surface area contributed by atoms with Gasteiger partial charge in [0.05, 0.1) is 0 Å². The smallest absolute Gasteiger partial charge is 0.387 e. The molecule has 27 heavy (non-hydrogen) atoms. The van der Waals surface area contributed by atoms with E-state index in [1.807, 2.05) is 30.3 Å². The van der Waals surface area contributed by atoms with Gasteiger partial charge in [0.1, 0.15) is 5.75 Å². The summed E-state index contributed by atoms with van der Waals surface area (Å²) in [6, 6.07) is 15.3. The molecule has 0 radical (unpaired) electrons. The second kappa shape index (κ2) is 10.7. The minimum absolute atomic E-state index is 0.0196. The van der Waals surface area contributed by atoms with Crippen molar-refractivity contribution >= 4 is 11.9 Å². The van der Waals surface area contributed by atoms with E-state index in [1.165, 1.54) is 6.07 Å². The van der Waals surface area contributed by atoms with Crippen LogP contribution in [-0.4, -0.2) is 25.1 Å². The van der Waals surface area contributed by atoms with Gasteiger partial charge < -0.3 is 20.7 Å². The average molecular weight is 377 g/mol. The molecule has 0 saturated heterocycles. The van der Waals surface area contributed by atoms with Crippen LogP contribution in [0.15, 0.2) is 54.6 Å². The van der Waals surface area contributed by atoms with Crippen LogP contribution >= 0.6 is 0 Å². The summed E-state index contributed by atoms with van der Waals surface area (Å²) in [4.78, 5) is 23.5. The molecule has 3 amide bonds. The van der Waals surface area contributed by atoms with Crippen molar-refractivity contribution in [2.24, 2.45) is 0 Å². The summed E-state index contributed by atoms with van der Waals surface area (Å²) in [6.07, 6.45) is 0.0661. The van der Waals surface area contributed by atoms with Gasteiger partial charge >= 0.3 is 12.6 Å². The zero-order valence-corrected chi connectivity index (χ0v) is 14.6. The van der Waals surface area contributed by atoms with Crippen molar-refractivity contribution < 1.29 is 23.1 Å². The summed E-state index contributed by atoms with van der Waals surface area (Å²) < 4.78 is 29.1. The molecular formula is C19H21F2N3O3. The van der Waals surface area contributed by atoms with Crippen molar-refractivity contribution in [1.29, 1.82) is 0 Å². The van der Waals surface area contributed by atoms with Crippen molar-refractivity contribution in [3.63, 3.8) is 0 Å². The second-order valence-electron chi connectivity index (χ2n) is 5.61. The number of rotatable bonds is 9. The molecule has 0 aromatic heterocycles. The Labute approximate surface area is 155 Å². The van der Waals surface area contributed by atoms with E-state index < -0.39 is 6.61 Å². The number of nitrogens with one attached hydrogen (secondary N) is 3. The van der Waals surface area contributed by atoms with Crippen LogP contribution in [0.4, 0.5) is 13.6 Å². The Hall–Kier alpha value is -3.16. The Balaban J connectivity index is 1.66. The van der Waals surface area contributed by atoms with E-state index in [9.17, 15) is 18.4 Å². The van der Waals surface area contributed by atoms with Gasteiger partial charge in [-0.1, -0.05) is 48.5 Å². The standard InChI is InChI=1S/C19H21F2N3O3/c20-18(21)27-16-9-5-4-8-15(16)13-23-17(25)10-11-22-19(26)24-12-14-6-2-1-3-7-14/h1-9,18H,10-13H2,(H,23,25)(H2,22,24,26). The molecule has 0 aliphatic rings. The highest BCUT2D eigenvalue weighted by molar-refractivity contribution is 5.78. The lowest BCUT2D eigenvalue weighted by Crippen LogP contribution is -2.37. The van der Waals surface area contributed by atoms with E-state index in [0.29, 0.717) is 12.1 Å². The van der Waals surface area contributed by atoms with Crippen LogP contribution in [0.5, 0.6) is 5.75 Å². The lowest BCUT2D eigenvalue weighted by Gasteiger charge is -2.11. The lowest BCUT2D eigenvalue weighted by molar-refractivity contribution is -0.121. The molecule has 0 fully saturated rings. The number of halogens is 2. The van der Waals surface area contributed by atoms with E-state index in [0.717, 1.165) is 5.56 Å². The summed E-state index contributed by atoms with van der Waals surface area (Å²) in [5, 5.41) is 7.88.